The first-order valence-electron chi connectivity index (χ1n) is 18.1. The summed E-state index contributed by atoms with van der Waals surface area (Å²) < 4.78 is 57.6. The summed E-state index contributed by atoms with van der Waals surface area (Å²) in [6, 6.07) is 15.2. The fraction of sp³-hybridized carbons (Fsp3) is 0.462. The first kappa shape index (κ1) is 37.3. The standard InChI is InChI=1S/C39H45N5O9S/c1-49-29-6-9-34(51-3)32(20-29)39(41-38(46)43-17-13-27(14-18-43)26-11-15-42(16-12-26)28-23-53-24-28)31-19-25(22-40)5-8-33(31)44(37(39)45)54(47,48)36-10-7-30(50-2)21-35(36)52-4/h5-10,19-21,26-28H,11-18,23-24H2,1-4H3,(H,41,46). The second-order valence-electron chi connectivity index (χ2n) is 14.1. The molecule has 0 aromatic heterocycles. The number of anilines is 1. The Balaban J connectivity index is 1.27. The second kappa shape index (κ2) is 15.0. The van der Waals surface area contributed by atoms with E-state index in [0.29, 0.717) is 46.8 Å². The third-order valence-electron chi connectivity index (χ3n) is 11.5. The molecule has 286 valence electrons. The van der Waals surface area contributed by atoms with Crippen LogP contribution in [0, 0.1) is 23.2 Å². The minimum atomic E-state index is -4.72. The first-order chi connectivity index (χ1) is 26.1. The Bertz CT molecular complexity index is 2070. The molecular formula is C39H45N5O9S. The van der Waals surface area contributed by atoms with E-state index in [9.17, 15) is 18.5 Å². The number of piperidine rings is 2. The topological polar surface area (TPSA) is 160 Å². The largest absolute Gasteiger partial charge is 0.497 e. The second-order valence-corrected chi connectivity index (χ2v) is 15.8. The van der Waals surface area contributed by atoms with E-state index < -0.39 is 27.5 Å². The third-order valence-corrected chi connectivity index (χ3v) is 13.2. The number of carbonyl (C=O) groups excluding carboxylic acids is 2. The summed E-state index contributed by atoms with van der Waals surface area (Å²) in [6.07, 6.45) is 3.84. The predicted molar refractivity (Wildman–Crippen MR) is 197 cm³/mol. The average molecular weight is 760 g/mol. The van der Waals surface area contributed by atoms with Crippen LogP contribution in [0.3, 0.4) is 0 Å². The van der Waals surface area contributed by atoms with E-state index in [1.54, 1.807) is 17.0 Å². The highest BCUT2D eigenvalue weighted by Crippen LogP contribution is 2.51. The lowest BCUT2D eigenvalue weighted by atomic mass is 9.78. The van der Waals surface area contributed by atoms with Gasteiger partial charge in [0.15, 0.2) is 5.54 Å². The number of urea groups is 1. The average Bonchev–Trinajstić information content (AvgIpc) is 3.44. The van der Waals surface area contributed by atoms with Crippen LogP contribution in [0.5, 0.6) is 23.0 Å². The Labute approximate surface area is 315 Å². The molecule has 4 heterocycles. The summed E-state index contributed by atoms with van der Waals surface area (Å²) in [5.74, 6) is 0.859. The van der Waals surface area contributed by atoms with Crippen molar-refractivity contribution < 1.29 is 41.7 Å². The quantitative estimate of drug-likeness (QED) is 0.317. The number of nitrogens with one attached hydrogen (secondary N) is 1. The van der Waals surface area contributed by atoms with Crippen LogP contribution in [-0.4, -0.2) is 104 Å². The Hall–Kier alpha value is -5.04. The summed E-state index contributed by atoms with van der Waals surface area (Å²) >= 11 is 0. The molecule has 15 heteroatoms. The first-order valence-corrected chi connectivity index (χ1v) is 19.5. The Morgan fingerprint density at radius 2 is 1.44 bits per heavy atom. The molecule has 4 aliphatic heterocycles. The highest BCUT2D eigenvalue weighted by atomic mass is 32.2. The molecule has 7 rings (SSSR count). The van der Waals surface area contributed by atoms with Gasteiger partial charge in [0, 0.05) is 30.3 Å². The molecule has 3 saturated heterocycles. The molecule has 3 aromatic carbocycles. The molecule has 0 spiro atoms. The van der Waals surface area contributed by atoms with E-state index >= 15 is 4.79 Å². The van der Waals surface area contributed by atoms with Crippen molar-refractivity contribution >= 4 is 27.6 Å². The molecule has 0 saturated carbocycles. The van der Waals surface area contributed by atoms with Crippen molar-refractivity contribution in [1.29, 1.82) is 5.26 Å². The number of rotatable bonds is 10. The van der Waals surface area contributed by atoms with Gasteiger partial charge in [-0.15, -0.1) is 0 Å². The Morgan fingerprint density at radius 3 is 2.04 bits per heavy atom. The van der Waals surface area contributed by atoms with Crippen LogP contribution in [0.15, 0.2) is 59.5 Å². The zero-order chi connectivity index (χ0) is 38.2. The summed E-state index contributed by atoms with van der Waals surface area (Å²) in [5.41, 5.74) is -1.83. The number of fused-ring (bicyclic) bond motifs is 1. The van der Waals surface area contributed by atoms with Crippen molar-refractivity contribution in [3.63, 3.8) is 0 Å². The van der Waals surface area contributed by atoms with Gasteiger partial charge in [0.1, 0.15) is 27.9 Å². The van der Waals surface area contributed by atoms with Gasteiger partial charge < -0.3 is 33.9 Å². The molecule has 1 unspecified atom stereocenters. The molecule has 4 aliphatic rings. The molecule has 3 amide bonds. The monoisotopic (exact) mass is 759 g/mol. The number of carbonyl (C=O) groups is 2. The number of amides is 3. The molecule has 3 fully saturated rings. The van der Waals surface area contributed by atoms with E-state index in [1.807, 2.05) is 0 Å². The summed E-state index contributed by atoms with van der Waals surface area (Å²) in [6.45, 7) is 4.65. The highest BCUT2D eigenvalue weighted by molar-refractivity contribution is 7.93. The van der Waals surface area contributed by atoms with Crippen LogP contribution in [0.25, 0.3) is 0 Å². The molecule has 54 heavy (non-hydrogen) atoms. The maximum atomic E-state index is 15.3. The summed E-state index contributed by atoms with van der Waals surface area (Å²) in [4.78, 5) is 33.8. The molecular weight excluding hydrogens is 715 g/mol. The van der Waals surface area contributed by atoms with Crippen molar-refractivity contribution in [1.82, 2.24) is 15.1 Å². The Kier molecular flexibility index (Phi) is 10.4. The maximum Gasteiger partial charge on any atom is 0.318 e. The van der Waals surface area contributed by atoms with Gasteiger partial charge >= 0.3 is 6.03 Å². The maximum absolute atomic E-state index is 15.3. The van der Waals surface area contributed by atoms with Gasteiger partial charge in [0.05, 0.1) is 65.0 Å². The number of ether oxygens (including phenoxy) is 5. The molecule has 0 radical (unpaired) electrons. The number of likely N-dealkylation sites (tertiary alicyclic amines) is 2. The molecule has 3 aromatic rings. The van der Waals surface area contributed by atoms with E-state index in [4.69, 9.17) is 23.7 Å². The lowest BCUT2D eigenvalue weighted by Gasteiger charge is -2.44. The van der Waals surface area contributed by atoms with Gasteiger partial charge in [0.25, 0.3) is 15.9 Å². The molecule has 0 bridgehead atoms. The van der Waals surface area contributed by atoms with Crippen molar-refractivity contribution in [2.75, 3.05) is 72.1 Å². The predicted octanol–water partition coefficient (Wildman–Crippen LogP) is 4.10. The summed E-state index contributed by atoms with van der Waals surface area (Å²) in [7, 11) is 0.905. The molecule has 0 aliphatic carbocycles. The van der Waals surface area contributed by atoms with Crippen molar-refractivity contribution in [2.24, 2.45) is 11.8 Å². The number of hydrogen-bond acceptors (Lipinski definition) is 11. The number of methoxy groups -OCH3 is 4. The zero-order valence-electron chi connectivity index (χ0n) is 30.9. The fourth-order valence-electron chi connectivity index (χ4n) is 8.34. The van der Waals surface area contributed by atoms with Crippen molar-refractivity contribution in [3.8, 4) is 29.1 Å². The van der Waals surface area contributed by atoms with Gasteiger partial charge in [-0.1, -0.05) is 0 Å². The van der Waals surface area contributed by atoms with E-state index in [0.717, 1.165) is 52.0 Å². The van der Waals surface area contributed by atoms with Crippen LogP contribution in [0.2, 0.25) is 0 Å². The highest BCUT2D eigenvalue weighted by Gasteiger charge is 2.59. The number of sulfonamides is 1. The Morgan fingerprint density at radius 1 is 0.815 bits per heavy atom. The third kappa shape index (κ3) is 6.35. The van der Waals surface area contributed by atoms with E-state index in [2.05, 4.69) is 16.3 Å². The number of hydrogen-bond donors (Lipinski definition) is 1. The van der Waals surface area contributed by atoms with Gasteiger partial charge in [0.2, 0.25) is 0 Å². The SMILES string of the molecule is COc1ccc(S(=O)(=O)N2C(=O)C(NC(=O)N3CCC(C4CCN(C5COC5)CC4)CC3)(c3cc(OC)ccc3OC)c3cc(C#N)ccc32)c(OC)c1. The lowest BCUT2D eigenvalue weighted by molar-refractivity contribution is -0.121. The van der Waals surface area contributed by atoms with Gasteiger partial charge in [-0.2, -0.15) is 9.57 Å². The van der Waals surface area contributed by atoms with Crippen LogP contribution in [-0.2, 0) is 25.1 Å². The smallest absolute Gasteiger partial charge is 0.318 e. The molecule has 1 N–H and O–H groups in total. The van der Waals surface area contributed by atoms with Gasteiger partial charge in [-0.05, 0) is 99.1 Å². The van der Waals surface area contributed by atoms with E-state index in [1.165, 1.54) is 70.9 Å². The van der Waals surface area contributed by atoms with Gasteiger partial charge in [-0.25, -0.2) is 13.2 Å². The number of nitriles is 1. The van der Waals surface area contributed by atoms with E-state index in [-0.39, 0.29) is 38.8 Å². The zero-order valence-corrected chi connectivity index (χ0v) is 31.7. The van der Waals surface area contributed by atoms with Crippen molar-refractivity contribution in [2.45, 2.75) is 42.2 Å². The fourth-order valence-corrected chi connectivity index (χ4v) is 9.95. The molecule has 1 atom stereocenters. The number of benzene rings is 3. The van der Waals surface area contributed by atoms with Crippen LogP contribution >= 0.6 is 0 Å². The van der Waals surface area contributed by atoms with Crippen LogP contribution in [0.4, 0.5) is 10.5 Å². The number of nitrogens with zero attached hydrogens (tertiary/aromatic N) is 4. The molecule has 14 nitrogen and oxygen atoms in total. The normalized spacial score (nSPS) is 21.2. The minimum absolute atomic E-state index is 0.0412. The van der Waals surface area contributed by atoms with Gasteiger partial charge in [-0.3, -0.25) is 9.69 Å². The summed E-state index contributed by atoms with van der Waals surface area (Å²) in [5, 5.41) is 13.0. The van der Waals surface area contributed by atoms with Crippen LogP contribution in [0.1, 0.15) is 42.4 Å². The van der Waals surface area contributed by atoms with Crippen molar-refractivity contribution in [3.05, 3.63) is 71.3 Å². The lowest BCUT2D eigenvalue weighted by Crippen LogP contribution is -2.58. The minimum Gasteiger partial charge on any atom is -0.497 e. The van der Waals surface area contributed by atoms with Crippen LogP contribution < -0.4 is 28.6 Å².